The molecule has 2 rings (SSSR count). The van der Waals surface area contributed by atoms with Crippen LogP contribution in [-0.2, 0) is 14.8 Å². The van der Waals surface area contributed by atoms with E-state index in [9.17, 15) is 23.1 Å². The second-order valence-corrected chi connectivity index (χ2v) is 8.72. The van der Waals surface area contributed by atoms with Gasteiger partial charge in [0.15, 0.2) is 0 Å². The Morgan fingerprint density at radius 1 is 1.00 bits per heavy atom. The molecule has 0 saturated carbocycles. The highest BCUT2D eigenvalue weighted by Crippen LogP contribution is 2.24. The van der Waals surface area contributed by atoms with Crippen molar-refractivity contribution >= 4 is 33.3 Å². The molecular formula is C20H24N2O5S. The van der Waals surface area contributed by atoms with Gasteiger partial charge in [0.05, 0.1) is 10.5 Å². The average Bonchev–Trinajstić information content (AvgIpc) is 2.55. The summed E-state index contributed by atoms with van der Waals surface area (Å²) in [6.07, 6.45) is 0.396. The number of carbonyl (C=O) groups excluding carboxylic acids is 1. The molecule has 1 amide bonds. The minimum Gasteiger partial charge on any atom is -0.478 e. The van der Waals surface area contributed by atoms with Crippen molar-refractivity contribution < 1.29 is 23.1 Å². The van der Waals surface area contributed by atoms with Crippen molar-refractivity contribution in [2.45, 2.75) is 39.0 Å². The minimum atomic E-state index is -3.97. The van der Waals surface area contributed by atoms with Crippen molar-refractivity contribution in [1.82, 2.24) is 0 Å². The largest absolute Gasteiger partial charge is 0.478 e. The van der Waals surface area contributed by atoms with Gasteiger partial charge in [-0.25, -0.2) is 13.2 Å². The van der Waals surface area contributed by atoms with Crippen LogP contribution in [0.2, 0.25) is 0 Å². The molecule has 2 aromatic carbocycles. The highest BCUT2D eigenvalue weighted by atomic mass is 32.2. The summed E-state index contributed by atoms with van der Waals surface area (Å²) in [7, 11) is -3.97. The van der Waals surface area contributed by atoms with Gasteiger partial charge in [0.25, 0.3) is 10.0 Å². The van der Waals surface area contributed by atoms with E-state index >= 15 is 0 Å². The number of anilines is 2. The zero-order chi connectivity index (χ0) is 21.1. The molecule has 2 aromatic rings. The van der Waals surface area contributed by atoms with Gasteiger partial charge in [-0.15, -0.1) is 0 Å². The maximum absolute atomic E-state index is 12.7. The van der Waals surface area contributed by atoms with Gasteiger partial charge in [-0.05, 0) is 61.2 Å². The number of carboxylic acids is 1. The third-order valence-corrected chi connectivity index (χ3v) is 5.58. The summed E-state index contributed by atoms with van der Waals surface area (Å²) in [5.74, 6) is -1.06. The van der Waals surface area contributed by atoms with Crippen molar-refractivity contribution in [2.24, 2.45) is 5.92 Å². The first-order valence-corrected chi connectivity index (χ1v) is 10.2. The molecule has 0 atom stereocenters. The molecule has 150 valence electrons. The lowest BCUT2D eigenvalue weighted by molar-refractivity contribution is -0.116. The van der Waals surface area contributed by atoms with E-state index in [1.54, 1.807) is 26.0 Å². The van der Waals surface area contributed by atoms with Crippen LogP contribution in [0.1, 0.15) is 41.8 Å². The SMILES string of the molecule is Cc1cc(C)c(S(=O)(=O)Nc2ccc(NC(=O)CC(C)C)cc2)cc1C(=O)O. The Balaban J connectivity index is 2.22. The van der Waals surface area contributed by atoms with Gasteiger partial charge in [-0.2, -0.15) is 0 Å². The lowest BCUT2D eigenvalue weighted by atomic mass is 10.1. The van der Waals surface area contributed by atoms with Gasteiger partial charge in [0, 0.05) is 17.8 Å². The van der Waals surface area contributed by atoms with Crippen molar-refractivity contribution in [3.8, 4) is 0 Å². The fraction of sp³-hybridized carbons (Fsp3) is 0.300. The van der Waals surface area contributed by atoms with Crippen LogP contribution in [0, 0.1) is 19.8 Å². The Morgan fingerprint density at radius 2 is 1.57 bits per heavy atom. The summed E-state index contributed by atoms with van der Waals surface area (Å²) in [6, 6.07) is 8.96. The van der Waals surface area contributed by atoms with Crippen LogP contribution in [0.4, 0.5) is 11.4 Å². The summed E-state index contributed by atoms with van der Waals surface area (Å²) in [5.41, 5.74) is 1.75. The first-order valence-electron chi connectivity index (χ1n) is 8.77. The summed E-state index contributed by atoms with van der Waals surface area (Å²) < 4.78 is 27.9. The Bertz CT molecular complexity index is 996. The van der Waals surface area contributed by atoms with Crippen molar-refractivity contribution in [3.63, 3.8) is 0 Å². The topological polar surface area (TPSA) is 113 Å². The smallest absolute Gasteiger partial charge is 0.335 e. The average molecular weight is 404 g/mol. The molecule has 0 fully saturated rings. The van der Waals surface area contributed by atoms with Crippen molar-refractivity contribution in [2.75, 3.05) is 10.0 Å². The van der Waals surface area contributed by atoms with E-state index in [4.69, 9.17) is 0 Å². The molecule has 7 nitrogen and oxygen atoms in total. The fourth-order valence-electron chi connectivity index (χ4n) is 2.77. The van der Waals surface area contributed by atoms with Crippen LogP contribution in [0.3, 0.4) is 0 Å². The lowest BCUT2D eigenvalue weighted by Gasteiger charge is -2.13. The third kappa shape index (κ3) is 5.32. The standard InChI is InChI=1S/C20H24N2O5S/c1-12(2)9-19(23)21-15-5-7-16(8-6-15)22-28(26,27)18-11-17(20(24)25)13(3)10-14(18)4/h5-8,10-12,22H,9H2,1-4H3,(H,21,23)(H,24,25). The number of nitrogens with one attached hydrogen (secondary N) is 2. The van der Waals surface area contributed by atoms with E-state index in [1.807, 2.05) is 13.8 Å². The molecule has 0 bridgehead atoms. The minimum absolute atomic E-state index is 0.0609. The van der Waals surface area contributed by atoms with E-state index in [0.29, 0.717) is 28.9 Å². The van der Waals surface area contributed by atoms with Gasteiger partial charge in [0.1, 0.15) is 0 Å². The van der Waals surface area contributed by atoms with Crippen molar-refractivity contribution in [1.29, 1.82) is 0 Å². The molecule has 28 heavy (non-hydrogen) atoms. The van der Waals surface area contributed by atoms with E-state index in [1.165, 1.54) is 18.2 Å². The molecule has 0 radical (unpaired) electrons. The van der Waals surface area contributed by atoms with Crippen LogP contribution in [0.5, 0.6) is 0 Å². The Hall–Kier alpha value is -2.87. The van der Waals surface area contributed by atoms with E-state index < -0.39 is 16.0 Å². The van der Waals surface area contributed by atoms with Crippen LogP contribution < -0.4 is 10.0 Å². The number of sulfonamides is 1. The van der Waals surface area contributed by atoms with Gasteiger partial charge in [-0.1, -0.05) is 19.9 Å². The quantitative estimate of drug-likeness (QED) is 0.650. The van der Waals surface area contributed by atoms with Gasteiger partial charge < -0.3 is 10.4 Å². The van der Waals surface area contributed by atoms with E-state index in [0.717, 1.165) is 6.07 Å². The molecule has 0 aliphatic rings. The molecule has 0 aliphatic heterocycles. The van der Waals surface area contributed by atoms with E-state index in [-0.39, 0.29) is 22.3 Å². The number of amides is 1. The molecular weight excluding hydrogens is 380 g/mol. The van der Waals surface area contributed by atoms with Gasteiger partial charge >= 0.3 is 5.97 Å². The highest BCUT2D eigenvalue weighted by Gasteiger charge is 2.21. The summed E-state index contributed by atoms with van der Waals surface area (Å²) in [4.78, 5) is 23.0. The van der Waals surface area contributed by atoms with Gasteiger partial charge in [-0.3, -0.25) is 9.52 Å². The zero-order valence-corrected chi connectivity index (χ0v) is 17.1. The number of carbonyl (C=O) groups is 2. The summed E-state index contributed by atoms with van der Waals surface area (Å²) in [5, 5.41) is 12.0. The predicted molar refractivity (Wildman–Crippen MR) is 108 cm³/mol. The van der Waals surface area contributed by atoms with Crippen LogP contribution in [0.15, 0.2) is 41.3 Å². The van der Waals surface area contributed by atoms with Gasteiger partial charge in [0.2, 0.25) is 5.91 Å². The van der Waals surface area contributed by atoms with Crippen molar-refractivity contribution in [3.05, 3.63) is 53.1 Å². The molecule has 3 N–H and O–H groups in total. The maximum Gasteiger partial charge on any atom is 0.335 e. The third-order valence-electron chi connectivity index (χ3n) is 4.06. The fourth-order valence-corrected chi connectivity index (χ4v) is 4.08. The zero-order valence-electron chi connectivity index (χ0n) is 16.2. The van der Waals surface area contributed by atoms with Crippen LogP contribution in [0.25, 0.3) is 0 Å². The second-order valence-electron chi connectivity index (χ2n) is 7.07. The molecule has 0 aliphatic carbocycles. The number of carboxylic acid groups (broad SMARTS) is 1. The Morgan fingerprint density at radius 3 is 2.11 bits per heavy atom. The maximum atomic E-state index is 12.7. The molecule has 0 spiro atoms. The predicted octanol–water partition coefficient (Wildman–Crippen LogP) is 3.79. The first-order chi connectivity index (χ1) is 13.0. The lowest BCUT2D eigenvalue weighted by Crippen LogP contribution is -2.16. The molecule has 0 heterocycles. The molecule has 8 heteroatoms. The summed E-state index contributed by atoms with van der Waals surface area (Å²) >= 11 is 0. The van der Waals surface area contributed by atoms with Crippen LogP contribution in [-0.4, -0.2) is 25.4 Å². The molecule has 0 unspecified atom stereocenters. The normalized spacial score (nSPS) is 11.3. The number of aryl methyl sites for hydroxylation is 2. The molecule has 0 aromatic heterocycles. The molecule has 0 saturated heterocycles. The summed E-state index contributed by atoms with van der Waals surface area (Å²) in [6.45, 7) is 7.12. The number of hydrogen-bond donors (Lipinski definition) is 3. The van der Waals surface area contributed by atoms with E-state index in [2.05, 4.69) is 10.0 Å². The number of rotatable bonds is 7. The number of hydrogen-bond acceptors (Lipinski definition) is 4. The Kier molecular flexibility index (Phi) is 6.45. The number of benzene rings is 2. The first kappa shape index (κ1) is 21.4. The Labute approximate surface area is 164 Å². The number of aromatic carboxylic acids is 1. The van der Waals surface area contributed by atoms with Crippen LogP contribution >= 0.6 is 0 Å². The monoisotopic (exact) mass is 404 g/mol. The second kappa shape index (κ2) is 8.43. The highest BCUT2D eigenvalue weighted by molar-refractivity contribution is 7.92.